The standard InChI is InChI=1S/C17H19N3O3S2/c1-9-5-6-24-11(9)7-20(3)8-12-18-15(21)13-10(2)14(17(22)23-4)25-16(13)19-12/h5-6H,7-8H2,1-4H3,(H,18,19,21)/p+1. The predicted molar refractivity (Wildman–Crippen MR) is 99.7 cm³/mol. The van der Waals surface area contributed by atoms with Crippen molar-refractivity contribution in [3.05, 3.63) is 48.5 Å². The lowest BCUT2D eigenvalue weighted by Gasteiger charge is -2.13. The number of hydrogen-bond acceptors (Lipinski definition) is 6. The molecule has 0 aliphatic carbocycles. The highest BCUT2D eigenvalue weighted by atomic mass is 32.1. The summed E-state index contributed by atoms with van der Waals surface area (Å²) in [4.78, 5) is 35.3. The molecule has 3 rings (SSSR count). The van der Waals surface area contributed by atoms with E-state index < -0.39 is 5.97 Å². The van der Waals surface area contributed by atoms with E-state index in [2.05, 4.69) is 35.4 Å². The van der Waals surface area contributed by atoms with Crippen LogP contribution in [0.15, 0.2) is 16.2 Å². The number of rotatable bonds is 5. The van der Waals surface area contributed by atoms with Crippen LogP contribution < -0.4 is 10.5 Å². The molecule has 0 saturated carbocycles. The summed E-state index contributed by atoms with van der Waals surface area (Å²) in [5, 5.41) is 2.56. The van der Waals surface area contributed by atoms with Crippen molar-refractivity contribution in [1.82, 2.24) is 9.97 Å². The number of quaternary nitrogens is 1. The lowest BCUT2D eigenvalue weighted by Crippen LogP contribution is -3.06. The van der Waals surface area contributed by atoms with Crippen LogP contribution in [0.5, 0.6) is 0 Å². The van der Waals surface area contributed by atoms with Crippen LogP contribution >= 0.6 is 22.7 Å². The van der Waals surface area contributed by atoms with Crippen molar-refractivity contribution in [3.8, 4) is 0 Å². The number of aryl methyl sites for hydroxylation is 2. The van der Waals surface area contributed by atoms with Gasteiger partial charge in [-0.25, -0.2) is 9.78 Å². The molecule has 3 aromatic heterocycles. The van der Waals surface area contributed by atoms with Crippen LogP contribution in [0.4, 0.5) is 0 Å². The van der Waals surface area contributed by atoms with Gasteiger partial charge in [-0.15, -0.1) is 22.7 Å². The average molecular weight is 378 g/mol. The van der Waals surface area contributed by atoms with E-state index in [-0.39, 0.29) is 5.56 Å². The molecule has 1 unspecified atom stereocenters. The molecule has 3 aromatic rings. The first-order valence-corrected chi connectivity index (χ1v) is 9.55. The van der Waals surface area contributed by atoms with Gasteiger partial charge in [0.05, 0.1) is 24.4 Å². The maximum Gasteiger partial charge on any atom is 0.348 e. The summed E-state index contributed by atoms with van der Waals surface area (Å²) in [6.45, 7) is 5.34. The van der Waals surface area contributed by atoms with Crippen molar-refractivity contribution < 1.29 is 14.4 Å². The minimum Gasteiger partial charge on any atom is -0.465 e. The molecule has 25 heavy (non-hydrogen) atoms. The summed E-state index contributed by atoms with van der Waals surface area (Å²) in [7, 11) is 3.41. The number of thiophene rings is 2. The minimum absolute atomic E-state index is 0.205. The monoisotopic (exact) mass is 378 g/mol. The van der Waals surface area contributed by atoms with Crippen LogP contribution in [0.3, 0.4) is 0 Å². The van der Waals surface area contributed by atoms with Crippen LogP contribution in [0, 0.1) is 13.8 Å². The Balaban J connectivity index is 1.89. The molecule has 0 aromatic carbocycles. The van der Waals surface area contributed by atoms with Crippen molar-refractivity contribution in [3.63, 3.8) is 0 Å². The summed E-state index contributed by atoms with van der Waals surface area (Å²) >= 11 is 2.95. The third kappa shape index (κ3) is 3.51. The van der Waals surface area contributed by atoms with Gasteiger partial charge in [0.1, 0.15) is 22.8 Å². The molecule has 6 nitrogen and oxygen atoms in total. The van der Waals surface area contributed by atoms with Gasteiger partial charge in [-0.05, 0) is 36.4 Å². The van der Waals surface area contributed by atoms with Crippen molar-refractivity contribution in [2.75, 3.05) is 14.2 Å². The topological polar surface area (TPSA) is 76.5 Å². The lowest BCUT2D eigenvalue weighted by molar-refractivity contribution is -0.908. The fourth-order valence-corrected chi connectivity index (χ4v) is 4.91. The van der Waals surface area contributed by atoms with E-state index in [1.54, 1.807) is 18.3 Å². The quantitative estimate of drug-likeness (QED) is 0.662. The number of esters is 1. The summed E-state index contributed by atoms with van der Waals surface area (Å²) in [5.74, 6) is 0.194. The van der Waals surface area contributed by atoms with E-state index in [1.807, 2.05) is 0 Å². The Hall–Kier alpha value is -2.03. The Morgan fingerprint density at radius 2 is 2.12 bits per heavy atom. The number of aromatic amines is 1. The van der Waals surface area contributed by atoms with Gasteiger partial charge in [0.15, 0.2) is 5.82 Å². The third-order valence-electron chi connectivity index (χ3n) is 4.12. The highest BCUT2D eigenvalue weighted by molar-refractivity contribution is 7.20. The molecule has 0 aliphatic rings. The first-order chi connectivity index (χ1) is 11.9. The van der Waals surface area contributed by atoms with E-state index in [4.69, 9.17) is 4.74 Å². The summed E-state index contributed by atoms with van der Waals surface area (Å²) in [6.07, 6.45) is 0. The van der Waals surface area contributed by atoms with Crippen LogP contribution in [0.2, 0.25) is 0 Å². The summed E-state index contributed by atoms with van der Waals surface area (Å²) in [6, 6.07) is 2.11. The average Bonchev–Trinajstić information content (AvgIpc) is 3.10. The summed E-state index contributed by atoms with van der Waals surface area (Å²) < 4.78 is 4.78. The van der Waals surface area contributed by atoms with Gasteiger partial charge in [0, 0.05) is 0 Å². The third-order valence-corrected chi connectivity index (χ3v) is 6.31. The van der Waals surface area contributed by atoms with Crippen molar-refractivity contribution >= 4 is 38.9 Å². The zero-order valence-corrected chi connectivity index (χ0v) is 16.2. The minimum atomic E-state index is -0.433. The van der Waals surface area contributed by atoms with E-state index >= 15 is 0 Å². The van der Waals surface area contributed by atoms with Gasteiger partial charge in [-0.2, -0.15) is 0 Å². The smallest absolute Gasteiger partial charge is 0.348 e. The number of carbonyl (C=O) groups excluding carboxylic acids is 1. The SMILES string of the molecule is COC(=O)c1sc2nc(C[NH+](C)Cc3sccc3C)[nH]c(=O)c2c1C. The first-order valence-electron chi connectivity index (χ1n) is 7.85. The van der Waals surface area contributed by atoms with Gasteiger partial charge in [-0.3, -0.25) is 4.79 Å². The van der Waals surface area contributed by atoms with Crippen LogP contribution in [0.25, 0.3) is 10.2 Å². The molecule has 0 aliphatic heterocycles. The molecule has 0 saturated heterocycles. The number of methoxy groups -OCH3 is 1. The number of nitrogens with one attached hydrogen (secondary N) is 2. The number of H-pyrrole nitrogens is 1. The van der Waals surface area contributed by atoms with Gasteiger partial charge in [-0.1, -0.05) is 0 Å². The highest BCUT2D eigenvalue weighted by Gasteiger charge is 2.20. The van der Waals surface area contributed by atoms with E-state index in [0.29, 0.717) is 33.0 Å². The second-order valence-corrected chi connectivity index (χ2v) is 8.08. The molecule has 3 heterocycles. The Kier molecular flexibility index (Phi) is 5.03. The van der Waals surface area contributed by atoms with Crippen molar-refractivity contribution in [2.24, 2.45) is 0 Å². The number of carbonyl (C=O) groups is 1. The van der Waals surface area contributed by atoms with Gasteiger partial charge in [0.25, 0.3) is 5.56 Å². The highest BCUT2D eigenvalue weighted by Crippen LogP contribution is 2.27. The van der Waals surface area contributed by atoms with Crippen molar-refractivity contribution in [1.29, 1.82) is 0 Å². The second-order valence-electron chi connectivity index (χ2n) is 6.08. The number of hydrogen-bond donors (Lipinski definition) is 2. The molecule has 0 amide bonds. The Labute approximate surface area is 153 Å². The van der Waals surface area contributed by atoms with E-state index in [1.165, 1.54) is 33.8 Å². The Morgan fingerprint density at radius 1 is 1.36 bits per heavy atom. The van der Waals surface area contributed by atoms with Gasteiger partial charge >= 0.3 is 5.97 Å². The number of aromatic nitrogens is 2. The molecule has 0 spiro atoms. The molecular formula is C17H20N3O3S2+. The Morgan fingerprint density at radius 3 is 2.76 bits per heavy atom. The van der Waals surface area contributed by atoms with Gasteiger partial charge < -0.3 is 14.6 Å². The van der Waals surface area contributed by atoms with Crippen LogP contribution in [0.1, 0.15) is 31.5 Å². The molecule has 1 atom stereocenters. The largest absolute Gasteiger partial charge is 0.465 e. The zero-order valence-electron chi connectivity index (χ0n) is 14.6. The normalized spacial score (nSPS) is 12.5. The number of nitrogens with zero attached hydrogens (tertiary/aromatic N) is 1. The molecule has 8 heteroatoms. The van der Waals surface area contributed by atoms with E-state index in [9.17, 15) is 9.59 Å². The maximum atomic E-state index is 12.4. The fourth-order valence-electron chi connectivity index (χ4n) is 2.77. The van der Waals surface area contributed by atoms with Crippen LogP contribution in [-0.4, -0.2) is 30.1 Å². The first kappa shape index (κ1) is 17.8. The second kappa shape index (κ2) is 7.07. The molecule has 0 bridgehead atoms. The molecule has 2 N–H and O–H groups in total. The van der Waals surface area contributed by atoms with Crippen molar-refractivity contribution in [2.45, 2.75) is 26.9 Å². The fraction of sp³-hybridized carbons (Fsp3) is 0.353. The number of ether oxygens (including phenoxy) is 1. The van der Waals surface area contributed by atoms with Crippen LogP contribution in [-0.2, 0) is 17.8 Å². The molecular weight excluding hydrogens is 358 g/mol. The molecule has 132 valence electrons. The zero-order chi connectivity index (χ0) is 18.1. The number of fused-ring (bicyclic) bond motifs is 1. The maximum absolute atomic E-state index is 12.4. The lowest BCUT2D eigenvalue weighted by atomic mass is 10.2. The van der Waals surface area contributed by atoms with Gasteiger partial charge in [0.2, 0.25) is 0 Å². The Bertz CT molecular complexity index is 987. The predicted octanol–water partition coefficient (Wildman–Crippen LogP) is 1.66. The molecule has 0 radical (unpaired) electrons. The van der Waals surface area contributed by atoms with E-state index in [0.717, 1.165) is 6.54 Å². The summed E-state index contributed by atoms with van der Waals surface area (Å²) in [5.41, 5.74) is 1.71. The molecule has 0 fully saturated rings.